The number of hydrogen-bond donors (Lipinski definition) is 0. The lowest BCUT2D eigenvalue weighted by atomic mass is 9.79. The van der Waals surface area contributed by atoms with Gasteiger partial charge < -0.3 is 9.64 Å². The van der Waals surface area contributed by atoms with E-state index in [1.54, 1.807) is 13.8 Å². The van der Waals surface area contributed by atoms with Crippen LogP contribution in [-0.2, 0) is 25.8 Å². The summed E-state index contributed by atoms with van der Waals surface area (Å²) in [5.41, 5.74) is 0.947. The average molecular weight is 437 g/mol. The van der Waals surface area contributed by atoms with Crippen LogP contribution in [0.5, 0.6) is 0 Å². The first-order chi connectivity index (χ1) is 14.1. The van der Waals surface area contributed by atoms with E-state index in [1.807, 2.05) is 18.3 Å². The molecule has 0 N–H and O–H groups in total. The lowest BCUT2D eigenvalue weighted by Crippen LogP contribution is -2.45. The molecule has 1 saturated heterocycles. The topological polar surface area (TPSA) is 76.6 Å². The molecule has 1 saturated carbocycles. The van der Waals surface area contributed by atoms with Gasteiger partial charge >= 0.3 is 0 Å². The monoisotopic (exact) mass is 436 g/mol. The molecule has 30 heavy (non-hydrogen) atoms. The van der Waals surface area contributed by atoms with E-state index >= 15 is 0 Å². The van der Waals surface area contributed by atoms with Crippen molar-refractivity contribution in [2.24, 2.45) is 11.8 Å². The third-order valence-corrected chi connectivity index (χ3v) is 8.79. The predicted octanol–water partition coefficient (Wildman–Crippen LogP) is 3.44. The number of Topliss-reactive ketones (excluding diaryl/α,β-unsaturated/α-hetero) is 1. The Morgan fingerprint density at radius 3 is 2.30 bits per heavy atom. The van der Waals surface area contributed by atoms with E-state index in [4.69, 9.17) is 4.74 Å². The molecule has 7 heteroatoms. The van der Waals surface area contributed by atoms with Gasteiger partial charge in [-0.2, -0.15) is 0 Å². The van der Waals surface area contributed by atoms with Crippen LogP contribution in [0, 0.1) is 11.8 Å². The number of anilines is 1. The fourth-order valence-electron chi connectivity index (χ4n) is 4.59. The fourth-order valence-corrected chi connectivity index (χ4v) is 5.97. The van der Waals surface area contributed by atoms with Gasteiger partial charge in [-0.15, -0.1) is 0 Å². The van der Waals surface area contributed by atoms with Crippen molar-refractivity contribution in [1.82, 2.24) is 4.98 Å². The number of carbonyl (C=O) groups excluding carboxylic acids is 1. The van der Waals surface area contributed by atoms with Crippen molar-refractivity contribution in [1.29, 1.82) is 0 Å². The number of rotatable bonds is 7. The summed E-state index contributed by atoms with van der Waals surface area (Å²) >= 11 is 0. The van der Waals surface area contributed by atoms with Gasteiger partial charge in [-0.05, 0) is 70.9 Å². The first-order valence-corrected chi connectivity index (χ1v) is 12.9. The number of ketones is 1. The Hall–Kier alpha value is -1.47. The van der Waals surface area contributed by atoms with Crippen molar-refractivity contribution in [3.63, 3.8) is 0 Å². The standard InChI is InChI=1S/C23H36N2O4S/c1-16(2)30(27,28)15-19-5-8-21(9-6-19)22(26)11-20-7-10-23(24-12-20)25-13-17(3)29-18(4)14-25/h7,10,12,16-19,21H,5-6,8-9,11,13-15H2,1-4H3/t17-,18+,19?,21?. The van der Waals surface area contributed by atoms with E-state index in [9.17, 15) is 13.2 Å². The summed E-state index contributed by atoms with van der Waals surface area (Å²) in [6.07, 6.45) is 5.84. The van der Waals surface area contributed by atoms with Crippen molar-refractivity contribution < 1.29 is 17.9 Å². The molecule has 0 unspecified atom stereocenters. The molecule has 1 aromatic heterocycles. The molecule has 0 radical (unpaired) electrons. The summed E-state index contributed by atoms with van der Waals surface area (Å²) in [6, 6.07) is 4.01. The second-order valence-corrected chi connectivity index (χ2v) is 12.0. The molecular weight excluding hydrogens is 400 g/mol. The van der Waals surface area contributed by atoms with Crippen LogP contribution in [-0.4, -0.2) is 55.5 Å². The van der Waals surface area contributed by atoms with Crippen LogP contribution in [0.15, 0.2) is 18.3 Å². The molecule has 2 atom stereocenters. The van der Waals surface area contributed by atoms with Crippen LogP contribution in [0.4, 0.5) is 5.82 Å². The van der Waals surface area contributed by atoms with Crippen molar-refractivity contribution in [2.75, 3.05) is 23.7 Å². The third-order valence-electron chi connectivity index (χ3n) is 6.42. The zero-order chi connectivity index (χ0) is 21.9. The number of morpholine rings is 1. The second-order valence-electron chi connectivity index (χ2n) is 9.43. The highest BCUT2D eigenvalue weighted by molar-refractivity contribution is 7.91. The van der Waals surface area contributed by atoms with Crippen molar-refractivity contribution >= 4 is 21.4 Å². The Balaban J connectivity index is 1.50. The molecule has 0 bridgehead atoms. The lowest BCUT2D eigenvalue weighted by Gasteiger charge is -2.36. The molecule has 3 rings (SSSR count). The molecule has 6 nitrogen and oxygen atoms in total. The van der Waals surface area contributed by atoms with Gasteiger partial charge in [-0.1, -0.05) is 6.07 Å². The number of hydrogen-bond acceptors (Lipinski definition) is 6. The molecule has 1 aliphatic heterocycles. The van der Waals surface area contributed by atoms with Crippen molar-refractivity contribution in [3.05, 3.63) is 23.9 Å². The molecular formula is C23H36N2O4S. The molecule has 0 amide bonds. The Kier molecular flexibility index (Phi) is 7.56. The maximum Gasteiger partial charge on any atom is 0.152 e. The summed E-state index contributed by atoms with van der Waals surface area (Å²) in [4.78, 5) is 19.6. The van der Waals surface area contributed by atoms with Crippen LogP contribution < -0.4 is 4.90 Å². The minimum absolute atomic E-state index is 0.0450. The van der Waals surface area contributed by atoms with Gasteiger partial charge in [0.25, 0.3) is 0 Å². The van der Waals surface area contributed by atoms with Gasteiger partial charge in [0.2, 0.25) is 0 Å². The first kappa shape index (κ1) is 23.2. The molecule has 0 aromatic carbocycles. The predicted molar refractivity (Wildman–Crippen MR) is 120 cm³/mol. The summed E-state index contributed by atoms with van der Waals surface area (Å²) in [5.74, 6) is 1.68. The third kappa shape index (κ3) is 6.03. The van der Waals surface area contributed by atoms with E-state index in [-0.39, 0.29) is 40.8 Å². The van der Waals surface area contributed by atoms with E-state index in [0.29, 0.717) is 6.42 Å². The largest absolute Gasteiger partial charge is 0.372 e. The van der Waals surface area contributed by atoms with Gasteiger partial charge in [-0.3, -0.25) is 4.79 Å². The average Bonchev–Trinajstić information content (AvgIpc) is 2.68. The van der Waals surface area contributed by atoms with Crippen LogP contribution in [0.3, 0.4) is 0 Å². The number of carbonyl (C=O) groups is 1. The summed E-state index contributed by atoms with van der Waals surface area (Å²) < 4.78 is 30.1. The minimum atomic E-state index is -3.01. The van der Waals surface area contributed by atoms with Crippen LogP contribution in [0.1, 0.15) is 58.9 Å². The Morgan fingerprint density at radius 1 is 1.13 bits per heavy atom. The number of aromatic nitrogens is 1. The fraction of sp³-hybridized carbons (Fsp3) is 0.739. The first-order valence-electron chi connectivity index (χ1n) is 11.2. The molecule has 0 spiro atoms. The number of ether oxygens (including phenoxy) is 1. The molecule has 2 heterocycles. The van der Waals surface area contributed by atoms with Crippen molar-refractivity contribution in [2.45, 2.75) is 77.3 Å². The smallest absolute Gasteiger partial charge is 0.152 e. The Morgan fingerprint density at radius 2 is 1.77 bits per heavy atom. The lowest BCUT2D eigenvalue weighted by molar-refractivity contribution is -0.123. The Labute approximate surface area is 181 Å². The van der Waals surface area contributed by atoms with Crippen LogP contribution in [0.2, 0.25) is 0 Å². The van der Waals surface area contributed by atoms with E-state index < -0.39 is 9.84 Å². The SMILES string of the molecule is CC(C)S(=O)(=O)CC1CCC(C(=O)Cc2ccc(N3C[C@@H](C)O[C@@H](C)C3)nc2)CC1. The maximum atomic E-state index is 12.8. The molecule has 1 aliphatic carbocycles. The van der Waals surface area contributed by atoms with Gasteiger partial charge in [-0.25, -0.2) is 13.4 Å². The van der Waals surface area contributed by atoms with E-state index in [0.717, 1.165) is 50.2 Å². The van der Waals surface area contributed by atoms with E-state index in [2.05, 4.69) is 23.7 Å². The summed E-state index contributed by atoms with van der Waals surface area (Å²) in [5, 5.41) is -0.323. The zero-order valence-corrected chi connectivity index (χ0v) is 19.5. The molecule has 168 valence electrons. The normalized spacial score (nSPS) is 28.0. The van der Waals surface area contributed by atoms with Gasteiger partial charge in [0.1, 0.15) is 11.6 Å². The number of pyridine rings is 1. The van der Waals surface area contributed by atoms with Gasteiger partial charge in [0.05, 0.1) is 23.2 Å². The highest BCUT2D eigenvalue weighted by atomic mass is 32.2. The molecule has 2 aliphatic rings. The molecule has 2 fully saturated rings. The minimum Gasteiger partial charge on any atom is -0.372 e. The highest BCUT2D eigenvalue weighted by Crippen LogP contribution is 2.31. The quantitative estimate of drug-likeness (QED) is 0.652. The van der Waals surface area contributed by atoms with Gasteiger partial charge in [0, 0.05) is 31.6 Å². The van der Waals surface area contributed by atoms with Gasteiger partial charge in [0.15, 0.2) is 9.84 Å². The van der Waals surface area contributed by atoms with Crippen LogP contribution >= 0.6 is 0 Å². The number of sulfone groups is 1. The van der Waals surface area contributed by atoms with Crippen LogP contribution in [0.25, 0.3) is 0 Å². The zero-order valence-electron chi connectivity index (χ0n) is 18.7. The second kappa shape index (κ2) is 9.77. The highest BCUT2D eigenvalue weighted by Gasteiger charge is 2.30. The van der Waals surface area contributed by atoms with E-state index in [1.165, 1.54) is 0 Å². The summed E-state index contributed by atoms with van der Waals surface area (Å²) in [7, 11) is -3.01. The van der Waals surface area contributed by atoms with Crippen molar-refractivity contribution in [3.8, 4) is 0 Å². The maximum absolute atomic E-state index is 12.8. The Bertz CT molecular complexity index is 804. The summed E-state index contributed by atoms with van der Waals surface area (Å²) in [6.45, 7) is 9.27. The molecule has 1 aromatic rings. The number of nitrogens with zero attached hydrogens (tertiary/aromatic N) is 2.